The van der Waals surface area contributed by atoms with Crippen LogP contribution in [-0.2, 0) is 11.0 Å². The van der Waals surface area contributed by atoms with E-state index in [0.717, 1.165) is 25.0 Å². The minimum absolute atomic E-state index is 0.0336. The van der Waals surface area contributed by atoms with Gasteiger partial charge >= 0.3 is 6.18 Å². The van der Waals surface area contributed by atoms with Gasteiger partial charge in [-0.3, -0.25) is 4.79 Å². The van der Waals surface area contributed by atoms with Crippen LogP contribution in [0.1, 0.15) is 25.3 Å². The Balaban J connectivity index is 2.60. The molecule has 0 aromatic heterocycles. The Morgan fingerprint density at radius 2 is 2.00 bits per heavy atom. The molecule has 0 atom stereocenters. The number of benzene rings is 1. The highest BCUT2D eigenvalue weighted by atomic mass is 35.5. The van der Waals surface area contributed by atoms with Gasteiger partial charge < -0.3 is 10.6 Å². The molecule has 0 radical (unpaired) electrons. The van der Waals surface area contributed by atoms with Crippen LogP contribution in [0.3, 0.4) is 0 Å². The number of nitrogens with one attached hydrogen (secondary N) is 2. The molecule has 0 heterocycles. The van der Waals surface area contributed by atoms with Crippen LogP contribution in [-0.4, -0.2) is 19.0 Å². The molecule has 0 spiro atoms. The molecule has 0 bridgehead atoms. The Bertz CT molecular complexity index is 463. The third-order valence-electron chi connectivity index (χ3n) is 2.53. The van der Waals surface area contributed by atoms with Gasteiger partial charge in [-0.15, -0.1) is 0 Å². The van der Waals surface area contributed by atoms with E-state index in [1.807, 2.05) is 6.92 Å². The van der Waals surface area contributed by atoms with Crippen LogP contribution in [0.2, 0.25) is 5.02 Å². The van der Waals surface area contributed by atoms with E-state index in [1.165, 1.54) is 6.07 Å². The Labute approximate surface area is 120 Å². The van der Waals surface area contributed by atoms with Gasteiger partial charge in [0.15, 0.2) is 0 Å². The second kappa shape index (κ2) is 7.38. The number of alkyl halides is 3. The molecule has 1 rings (SSSR count). The molecular weight excluding hydrogens is 293 g/mol. The Kier molecular flexibility index (Phi) is 6.13. The Morgan fingerprint density at radius 3 is 2.60 bits per heavy atom. The number of hydrogen-bond donors (Lipinski definition) is 2. The molecule has 0 aliphatic rings. The summed E-state index contributed by atoms with van der Waals surface area (Å²) in [5.41, 5.74) is -0.686. The molecule has 3 nitrogen and oxygen atoms in total. The minimum atomic E-state index is -4.47. The van der Waals surface area contributed by atoms with Crippen molar-refractivity contribution >= 4 is 23.2 Å². The molecular formula is C13H16ClF3N2O. The standard InChI is InChI=1S/C13H16ClF3N2O/c1-2-3-4-18-12(20)8-19-11-6-9(13(15,16)17)5-10(14)7-11/h5-7,19H,2-4,8H2,1H3,(H,18,20). The zero-order chi connectivity index (χ0) is 15.2. The predicted molar refractivity (Wildman–Crippen MR) is 72.9 cm³/mol. The van der Waals surface area contributed by atoms with Crippen molar-refractivity contribution in [3.63, 3.8) is 0 Å². The van der Waals surface area contributed by atoms with Gasteiger partial charge in [0.2, 0.25) is 5.91 Å². The third kappa shape index (κ3) is 5.69. The topological polar surface area (TPSA) is 41.1 Å². The zero-order valence-corrected chi connectivity index (χ0v) is 11.7. The van der Waals surface area contributed by atoms with Gasteiger partial charge in [-0.25, -0.2) is 0 Å². The zero-order valence-electron chi connectivity index (χ0n) is 11.0. The van der Waals surface area contributed by atoms with Crippen molar-refractivity contribution in [2.75, 3.05) is 18.4 Å². The van der Waals surface area contributed by atoms with Gasteiger partial charge in [0, 0.05) is 17.3 Å². The molecule has 1 aromatic carbocycles. The van der Waals surface area contributed by atoms with Crippen molar-refractivity contribution in [3.8, 4) is 0 Å². The summed E-state index contributed by atoms with van der Waals surface area (Å²) >= 11 is 5.63. The third-order valence-corrected chi connectivity index (χ3v) is 2.75. The number of carbonyl (C=O) groups is 1. The van der Waals surface area contributed by atoms with Crippen LogP contribution in [0.5, 0.6) is 0 Å². The number of carbonyl (C=O) groups excluding carboxylic acids is 1. The van der Waals surface area contributed by atoms with Crippen molar-refractivity contribution in [3.05, 3.63) is 28.8 Å². The highest BCUT2D eigenvalue weighted by Crippen LogP contribution is 2.33. The first kappa shape index (κ1) is 16.6. The van der Waals surface area contributed by atoms with E-state index >= 15 is 0 Å². The van der Waals surface area contributed by atoms with Gasteiger partial charge in [0.25, 0.3) is 0 Å². The van der Waals surface area contributed by atoms with Crippen molar-refractivity contribution in [1.82, 2.24) is 5.32 Å². The molecule has 112 valence electrons. The molecule has 7 heteroatoms. The normalized spacial score (nSPS) is 11.2. The van der Waals surface area contributed by atoms with Crippen LogP contribution in [0, 0.1) is 0 Å². The molecule has 0 saturated carbocycles. The first-order valence-electron chi connectivity index (χ1n) is 6.21. The van der Waals surface area contributed by atoms with Crippen molar-refractivity contribution in [2.45, 2.75) is 25.9 Å². The van der Waals surface area contributed by atoms with Crippen molar-refractivity contribution in [2.24, 2.45) is 0 Å². The molecule has 0 saturated heterocycles. The summed E-state index contributed by atoms with van der Waals surface area (Å²) in [6, 6.07) is 3.11. The predicted octanol–water partition coefficient (Wildman–Crippen LogP) is 3.69. The number of amides is 1. The molecule has 0 fully saturated rings. The lowest BCUT2D eigenvalue weighted by Gasteiger charge is -2.11. The van der Waals surface area contributed by atoms with Gasteiger partial charge in [-0.2, -0.15) is 13.2 Å². The van der Waals surface area contributed by atoms with Crippen LogP contribution in [0.15, 0.2) is 18.2 Å². The van der Waals surface area contributed by atoms with E-state index < -0.39 is 11.7 Å². The first-order valence-corrected chi connectivity index (χ1v) is 6.59. The maximum Gasteiger partial charge on any atom is 0.416 e. The van der Waals surface area contributed by atoms with E-state index in [9.17, 15) is 18.0 Å². The highest BCUT2D eigenvalue weighted by Gasteiger charge is 2.31. The number of halogens is 4. The fraction of sp³-hybridized carbons (Fsp3) is 0.462. The van der Waals surface area contributed by atoms with Gasteiger partial charge in [-0.05, 0) is 24.6 Å². The summed E-state index contributed by atoms with van der Waals surface area (Å²) in [4.78, 5) is 11.4. The molecule has 0 aliphatic carbocycles. The average molecular weight is 309 g/mol. The van der Waals surface area contributed by atoms with Gasteiger partial charge in [-0.1, -0.05) is 24.9 Å². The quantitative estimate of drug-likeness (QED) is 0.787. The summed E-state index contributed by atoms with van der Waals surface area (Å²) in [6.45, 7) is 2.46. The Hall–Kier alpha value is -1.43. The molecule has 1 amide bonds. The lowest BCUT2D eigenvalue weighted by molar-refractivity contribution is -0.137. The molecule has 20 heavy (non-hydrogen) atoms. The van der Waals surface area contributed by atoms with E-state index in [1.54, 1.807) is 0 Å². The SMILES string of the molecule is CCCCNC(=O)CNc1cc(Cl)cc(C(F)(F)F)c1. The lowest BCUT2D eigenvalue weighted by atomic mass is 10.2. The van der Waals surface area contributed by atoms with Crippen LogP contribution in [0.4, 0.5) is 18.9 Å². The van der Waals surface area contributed by atoms with Crippen molar-refractivity contribution in [1.29, 1.82) is 0 Å². The number of unbranched alkanes of at least 4 members (excludes halogenated alkanes) is 1. The monoisotopic (exact) mass is 308 g/mol. The molecule has 1 aromatic rings. The maximum atomic E-state index is 12.6. The van der Waals surface area contributed by atoms with E-state index in [2.05, 4.69) is 10.6 Å². The smallest absolute Gasteiger partial charge is 0.376 e. The maximum absolute atomic E-state index is 12.6. The van der Waals surface area contributed by atoms with Crippen molar-refractivity contribution < 1.29 is 18.0 Å². The van der Waals surface area contributed by atoms with Gasteiger partial charge in [0.1, 0.15) is 0 Å². The first-order chi connectivity index (χ1) is 9.32. The lowest BCUT2D eigenvalue weighted by Crippen LogP contribution is -2.30. The van der Waals surface area contributed by atoms with Crippen LogP contribution >= 0.6 is 11.6 Å². The summed E-state index contributed by atoms with van der Waals surface area (Å²) < 4.78 is 37.8. The molecule has 0 aliphatic heterocycles. The van der Waals surface area contributed by atoms with E-state index in [4.69, 9.17) is 11.6 Å². The van der Waals surface area contributed by atoms with E-state index in [-0.39, 0.29) is 23.2 Å². The number of hydrogen-bond acceptors (Lipinski definition) is 2. The van der Waals surface area contributed by atoms with Crippen LogP contribution < -0.4 is 10.6 Å². The fourth-order valence-corrected chi connectivity index (χ4v) is 1.74. The summed E-state index contributed by atoms with van der Waals surface area (Å²) in [6.07, 6.45) is -2.65. The molecule has 2 N–H and O–H groups in total. The average Bonchev–Trinajstić information content (AvgIpc) is 2.35. The fourth-order valence-electron chi connectivity index (χ4n) is 1.50. The Morgan fingerprint density at radius 1 is 1.30 bits per heavy atom. The summed E-state index contributed by atoms with van der Waals surface area (Å²) in [5.74, 6) is -0.271. The largest absolute Gasteiger partial charge is 0.416 e. The number of anilines is 1. The second-order valence-electron chi connectivity index (χ2n) is 4.28. The number of rotatable bonds is 6. The minimum Gasteiger partial charge on any atom is -0.376 e. The summed E-state index contributed by atoms with van der Waals surface area (Å²) in [5, 5.41) is 5.25. The highest BCUT2D eigenvalue weighted by molar-refractivity contribution is 6.30. The van der Waals surface area contributed by atoms with E-state index in [0.29, 0.717) is 6.54 Å². The second-order valence-corrected chi connectivity index (χ2v) is 4.72. The van der Waals surface area contributed by atoms with Gasteiger partial charge in [0.05, 0.1) is 12.1 Å². The molecule has 0 unspecified atom stereocenters. The summed E-state index contributed by atoms with van der Waals surface area (Å²) in [7, 11) is 0. The van der Waals surface area contributed by atoms with Crippen LogP contribution in [0.25, 0.3) is 0 Å².